The number of hydrogen-bond acceptors (Lipinski definition) is 8. The Labute approximate surface area is 206 Å². The zero-order valence-corrected chi connectivity index (χ0v) is 20.0. The van der Waals surface area contributed by atoms with Crippen LogP contribution in [0.2, 0.25) is 0 Å². The van der Waals surface area contributed by atoms with Gasteiger partial charge in [0.15, 0.2) is 10.6 Å². The molecule has 0 aliphatic carbocycles. The van der Waals surface area contributed by atoms with Gasteiger partial charge in [-0.3, -0.25) is 14.3 Å². The fourth-order valence-electron chi connectivity index (χ4n) is 3.57. The van der Waals surface area contributed by atoms with Gasteiger partial charge in [-0.1, -0.05) is 12.1 Å². The molecule has 0 atom stereocenters. The van der Waals surface area contributed by atoms with E-state index in [1.807, 2.05) is 24.3 Å². The molecular weight excluding hydrogens is 468 g/mol. The van der Waals surface area contributed by atoms with E-state index in [1.165, 1.54) is 11.7 Å². The van der Waals surface area contributed by atoms with E-state index in [-0.39, 0.29) is 24.0 Å². The number of aromatic hydroxyl groups is 1. The Bertz CT molecular complexity index is 1350. The number of amides is 1. The van der Waals surface area contributed by atoms with Crippen LogP contribution < -0.4 is 14.8 Å². The molecule has 0 spiro atoms. The van der Waals surface area contributed by atoms with Gasteiger partial charge in [0.25, 0.3) is 0 Å². The van der Waals surface area contributed by atoms with Crippen LogP contribution in [0.3, 0.4) is 0 Å². The summed E-state index contributed by atoms with van der Waals surface area (Å²) in [5.74, 6) is 0.876. The molecule has 180 valence electrons. The number of rotatable bonds is 9. The molecule has 0 aliphatic heterocycles. The lowest BCUT2D eigenvalue weighted by Gasteiger charge is -2.09. The minimum Gasteiger partial charge on any atom is -0.497 e. The number of nitrogens with one attached hydrogen (secondary N) is 1. The van der Waals surface area contributed by atoms with Gasteiger partial charge in [-0.25, -0.2) is 0 Å². The summed E-state index contributed by atoms with van der Waals surface area (Å²) in [7, 11) is 3.10. The minimum absolute atomic E-state index is 0.117. The van der Waals surface area contributed by atoms with Crippen LogP contribution in [0.25, 0.3) is 5.69 Å². The lowest BCUT2D eigenvalue weighted by Crippen LogP contribution is -2.18. The van der Waals surface area contributed by atoms with Gasteiger partial charge < -0.3 is 24.5 Å². The number of ether oxygens (including phenoxy) is 2. The fraction of sp³-hybridized carbons (Fsp3) is 0.208. The molecule has 0 aliphatic rings. The van der Waals surface area contributed by atoms with Crippen molar-refractivity contribution < 1.29 is 19.4 Å². The van der Waals surface area contributed by atoms with Crippen LogP contribution in [0.5, 0.6) is 17.5 Å². The number of nitrogens with zero attached hydrogens (tertiary/aromatic N) is 5. The first-order chi connectivity index (χ1) is 17.0. The Morgan fingerprint density at radius 2 is 1.89 bits per heavy atom. The predicted octanol–water partition coefficient (Wildman–Crippen LogP) is 3.34. The molecule has 0 fully saturated rings. The van der Waals surface area contributed by atoms with Gasteiger partial charge in [0, 0.05) is 18.8 Å². The Kier molecular flexibility index (Phi) is 7.36. The quantitative estimate of drug-likeness (QED) is 0.342. The summed E-state index contributed by atoms with van der Waals surface area (Å²) < 4.78 is 13.8. The van der Waals surface area contributed by atoms with Crippen molar-refractivity contribution in [2.45, 2.75) is 19.4 Å². The first-order valence-corrected chi connectivity index (χ1v) is 11.1. The average Bonchev–Trinajstić information content (AvgIpc) is 3.12. The molecule has 0 radical (unpaired) electrons. The fourth-order valence-corrected chi connectivity index (χ4v) is 3.96. The summed E-state index contributed by atoms with van der Waals surface area (Å²) >= 11 is 5.70. The van der Waals surface area contributed by atoms with Crippen LogP contribution in [0.4, 0.5) is 5.82 Å². The number of aromatic nitrogens is 5. The van der Waals surface area contributed by atoms with Gasteiger partial charge >= 0.3 is 0 Å². The van der Waals surface area contributed by atoms with Crippen molar-refractivity contribution >= 4 is 23.9 Å². The lowest BCUT2D eigenvalue weighted by atomic mass is 10.1. The molecular formula is C24H24N6O4S. The first kappa shape index (κ1) is 23.9. The molecule has 0 saturated heterocycles. The van der Waals surface area contributed by atoms with Gasteiger partial charge in [-0.15, -0.1) is 10.2 Å². The van der Waals surface area contributed by atoms with Crippen molar-refractivity contribution in [2.24, 2.45) is 0 Å². The van der Waals surface area contributed by atoms with Gasteiger partial charge in [-0.2, -0.15) is 0 Å². The van der Waals surface area contributed by atoms with E-state index in [0.29, 0.717) is 35.0 Å². The van der Waals surface area contributed by atoms with Gasteiger partial charge in [0.1, 0.15) is 5.75 Å². The number of aryl methyl sites for hydroxylation is 1. The molecule has 0 saturated carbocycles. The molecule has 0 bridgehead atoms. The molecule has 1 aromatic carbocycles. The van der Waals surface area contributed by atoms with Crippen LogP contribution in [0.15, 0.2) is 60.9 Å². The lowest BCUT2D eigenvalue weighted by molar-refractivity contribution is -0.115. The molecule has 0 unspecified atom stereocenters. The Morgan fingerprint density at radius 1 is 1.09 bits per heavy atom. The maximum Gasteiger partial charge on any atom is 0.233 e. The highest BCUT2D eigenvalue weighted by Crippen LogP contribution is 2.27. The van der Waals surface area contributed by atoms with Crippen LogP contribution in [-0.4, -0.2) is 49.5 Å². The molecule has 35 heavy (non-hydrogen) atoms. The SMILES string of the molecule is COc1ccc(CCn2c(CC(=O)Nc3ccc(OC)nn3)c(O)n(-c3cccnc3)c2=S)cc1. The summed E-state index contributed by atoms with van der Waals surface area (Å²) in [6.45, 7) is 0.455. The second-order valence-electron chi connectivity index (χ2n) is 7.54. The zero-order chi connectivity index (χ0) is 24.8. The maximum absolute atomic E-state index is 12.8. The maximum atomic E-state index is 12.8. The van der Waals surface area contributed by atoms with Crippen molar-refractivity contribution in [1.29, 1.82) is 0 Å². The van der Waals surface area contributed by atoms with Crippen molar-refractivity contribution in [1.82, 2.24) is 24.3 Å². The van der Waals surface area contributed by atoms with Gasteiger partial charge in [0.05, 0.1) is 38.2 Å². The Morgan fingerprint density at radius 3 is 2.51 bits per heavy atom. The van der Waals surface area contributed by atoms with E-state index in [4.69, 9.17) is 21.7 Å². The third-order valence-electron chi connectivity index (χ3n) is 5.35. The van der Waals surface area contributed by atoms with Crippen LogP contribution in [-0.2, 0) is 24.2 Å². The van der Waals surface area contributed by atoms with Crippen molar-refractivity contribution in [3.63, 3.8) is 0 Å². The van der Waals surface area contributed by atoms with Crippen molar-refractivity contribution in [3.8, 4) is 23.2 Å². The molecule has 4 rings (SSSR count). The second kappa shape index (κ2) is 10.8. The van der Waals surface area contributed by atoms with E-state index < -0.39 is 0 Å². The monoisotopic (exact) mass is 492 g/mol. The third kappa shape index (κ3) is 5.46. The topological polar surface area (TPSA) is 116 Å². The summed E-state index contributed by atoms with van der Waals surface area (Å²) in [6, 6.07) is 14.4. The molecule has 3 heterocycles. The molecule has 2 N–H and O–H groups in total. The summed E-state index contributed by atoms with van der Waals surface area (Å²) in [6.07, 6.45) is 3.74. The smallest absolute Gasteiger partial charge is 0.233 e. The Hall–Kier alpha value is -4.25. The first-order valence-electron chi connectivity index (χ1n) is 10.7. The normalized spacial score (nSPS) is 10.7. The highest BCUT2D eigenvalue weighted by Gasteiger charge is 2.21. The van der Waals surface area contributed by atoms with Crippen molar-refractivity contribution in [2.75, 3.05) is 19.5 Å². The third-order valence-corrected chi connectivity index (χ3v) is 5.75. The largest absolute Gasteiger partial charge is 0.497 e. The van der Waals surface area contributed by atoms with Gasteiger partial charge in [0.2, 0.25) is 17.7 Å². The van der Waals surface area contributed by atoms with Crippen LogP contribution >= 0.6 is 12.2 Å². The summed E-state index contributed by atoms with van der Waals surface area (Å²) in [5.41, 5.74) is 2.04. The summed E-state index contributed by atoms with van der Waals surface area (Å²) in [5, 5.41) is 21.6. The number of imidazole rings is 1. The Balaban J connectivity index is 1.62. The molecule has 1 amide bonds. The van der Waals surface area contributed by atoms with E-state index in [2.05, 4.69) is 20.5 Å². The minimum atomic E-state index is -0.378. The van der Waals surface area contributed by atoms with Crippen molar-refractivity contribution in [3.05, 3.63) is 77.0 Å². The number of hydrogen-bond donors (Lipinski definition) is 2. The van der Waals surface area contributed by atoms with Crippen LogP contribution in [0, 0.1) is 4.77 Å². The number of pyridine rings is 1. The molecule has 4 aromatic rings. The highest BCUT2D eigenvalue weighted by molar-refractivity contribution is 7.71. The number of anilines is 1. The number of benzene rings is 1. The van der Waals surface area contributed by atoms with E-state index in [9.17, 15) is 9.90 Å². The summed E-state index contributed by atoms with van der Waals surface area (Å²) in [4.78, 5) is 17.0. The zero-order valence-electron chi connectivity index (χ0n) is 19.2. The van der Waals surface area contributed by atoms with Gasteiger partial charge in [-0.05, 0) is 54.5 Å². The van der Waals surface area contributed by atoms with E-state index in [0.717, 1.165) is 11.3 Å². The number of carbonyl (C=O) groups excluding carboxylic acids is 1. The average molecular weight is 493 g/mol. The predicted molar refractivity (Wildman–Crippen MR) is 132 cm³/mol. The standard InChI is InChI=1S/C24H24N6O4S/c1-33-18-7-5-16(6-8-18)11-13-29-19(14-21(31)26-20-9-10-22(34-2)28-27-20)23(32)30(24(29)35)17-4-3-12-25-15-17/h3-10,12,15,32H,11,13-14H2,1-2H3,(H,26,27,31). The highest BCUT2D eigenvalue weighted by atomic mass is 32.1. The number of methoxy groups -OCH3 is 2. The molecule has 10 nitrogen and oxygen atoms in total. The molecule has 11 heteroatoms. The second-order valence-corrected chi connectivity index (χ2v) is 7.90. The molecule has 3 aromatic heterocycles. The van der Waals surface area contributed by atoms with Crippen LogP contribution in [0.1, 0.15) is 11.3 Å². The van der Waals surface area contributed by atoms with E-state index in [1.54, 1.807) is 48.3 Å². The van der Waals surface area contributed by atoms with E-state index >= 15 is 0 Å². The number of carbonyl (C=O) groups is 1.